The number of nitrogens with zero attached hydrogens (tertiary/aromatic N) is 2. The molecule has 0 unspecified atom stereocenters. The van der Waals surface area contributed by atoms with E-state index in [4.69, 9.17) is 0 Å². The molecule has 1 heterocycles. The largest absolute Gasteiger partial charge is 0.377 e. The van der Waals surface area contributed by atoms with Crippen LogP contribution >= 0.6 is 11.3 Å². The SMILES string of the molecule is Cc1ncc(CNC(=O)Nc2ccc(N(C)C)c(C)c2)s1. The molecule has 21 heavy (non-hydrogen) atoms. The zero-order valence-corrected chi connectivity index (χ0v) is 13.5. The third-order valence-corrected chi connectivity index (χ3v) is 3.94. The molecule has 0 atom stereocenters. The zero-order chi connectivity index (χ0) is 15.4. The van der Waals surface area contributed by atoms with Crippen LogP contribution in [0.2, 0.25) is 0 Å². The van der Waals surface area contributed by atoms with Crippen LogP contribution in [0.15, 0.2) is 24.4 Å². The first-order valence-corrected chi connectivity index (χ1v) is 7.51. The van der Waals surface area contributed by atoms with Crippen molar-refractivity contribution in [1.29, 1.82) is 0 Å². The quantitative estimate of drug-likeness (QED) is 0.912. The van der Waals surface area contributed by atoms with Gasteiger partial charge in [-0.15, -0.1) is 11.3 Å². The summed E-state index contributed by atoms with van der Waals surface area (Å²) in [6.07, 6.45) is 1.79. The van der Waals surface area contributed by atoms with Gasteiger partial charge in [0.25, 0.3) is 0 Å². The highest BCUT2D eigenvalue weighted by atomic mass is 32.1. The van der Waals surface area contributed by atoms with Gasteiger partial charge in [-0.1, -0.05) is 0 Å². The molecule has 0 radical (unpaired) electrons. The van der Waals surface area contributed by atoms with Gasteiger partial charge < -0.3 is 15.5 Å². The van der Waals surface area contributed by atoms with Crippen LogP contribution in [0.4, 0.5) is 16.2 Å². The lowest BCUT2D eigenvalue weighted by Gasteiger charge is -2.16. The summed E-state index contributed by atoms with van der Waals surface area (Å²) in [6, 6.07) is 5.65. The molecule has 2 rings (SSSR count). The van der Waals surface area contributed by atoms with Crippen LogP contribution in [0, 0.1) is 13.8 Å². The lowest BCUT2D eigenvalue weighted by Crippen LogP contribution is -2.27. The average molecular weight is 304 g/mol. The zero-order valence-electron chi connectivity index (χ0n) is 12.7. The van der Waals surface area contributed by atoms with E-state index in [1.54, 1.807) is 17.5 Å². The number of thiazole rings is 1. The van der Waals surface area contributed by atoms with E-state index < -0.39 is 0 Å². The topological polar surface area (TPSA) is 57.3 Å². The summed E-state index contributed by atoms with van der Waals surface area (Å²) in [7, 11) is 4.00. The molecule has 1 aromatic carbocycles. The second-order valence-corrected chi connectivity index (χ2v) is 6.37. The fraction of sp³-hybridized carbons (Fsp3) is 0.333. The first kappa shape index (κ1) is 15.3. The van der Waals surface area contributed by atoms with Crippen molar-refractivity contribution < 1.29 is 4.79 Å². The first-order chi connectivity index (χ1) is 9.95. The third-order valence-electron chi connectivity index (χ3n) is 3.03. The van der Waals surface area contributed by atoms with E-state index in [1.807, 2.05) is 51.0 Å². The van der Waals surface area contributed by atoms with Gasteiger partial charge in [0.15, 0.2) is 0 Å². The van der Waals surface area contributed by atoms with Crippen molar-refractivity contribution in [3.8, 4) is 0 Å². The van der Waals surface area contributed by atoms with Crippen molar-refractivity contribution in [3.05, 3.63) is 39.8 Å². The molecule has 2 N–H and O–H groups in total. The fourth-order valence-electron chi connectivity index (χ4n) is 2.06. The standard InChI is InChI=1S/C15H20N4OS/c1-10-7-12(5-6-14(10)19(3)4)18-15(20)17-9-13-8-16-11(2)21-13/h5-8H,9H2,1-4H3,(H2,17,18,20). The fourth-order valence-corrected chi connectivity index (χ4v) is 2.80. The Morgan fingerprint density at radius 2 is 2.10 bits per heavy atom. The van der Waals surface area contributed by atoms with Gasteiger partial charge in [-0.2, -0.15) is 0 Å². The Hall–Kier alpha value is -2.08. The number of nitrogens with one attached hydrogen (secondary N) is 2. The summed E-state index contributed by atoms with van der Waals surface area (Å²) in [4.78, 5) is 19.1. The molecular formula is C15H20N4OS. The van der Waals surface area contributed by atoms with Crippen molar-refractivity contribution in [2.45, 2.75) is 20.4 Å². The monoisotopic (exact) mass is 304 g/mol. The van der Waals surface area contributed by atoms with Gasteiger partial charge in [0.1, 0.15) is 0 Å². The predicted octanol–water partition coefficient (Wildman–Crippen LogP) is 3.15. The number of aromatic nitrogens is 1. The number of urea groups is 1. The van der Waals surface area contributed by atoms with Gasteiger partial charge >= 0.3 is 6.03 Å². The van der Waals surface area contributed by atoms with Crippen molar-refractivity contribution in [3.63, 3.8) is 0 Å². The minimum Gasteiger partial charge on any atom is -0.377 e. The molecule has 0 aliphatic carbocycles. The molecule has 0 saturated carbocycles. The average Bonchev–Trinajstić information content (AvgIpc) is 2.82. The maximum absolute atomic E-state index is 11.9. The predicted molar refractivity (Wildman–Crippen MR) is 88.2 cm³/mol. The Balaban J connectivity index is 1.92. The van der Waals surface area contributed by atoms with Crippen molar-refractivity contribution in [2.75, 3.05) is 24.3 Å². The van der Waals surface area contributed by atoms with Crippen LogP contribution in [0.25, 0.3) is 0 Å². The van der Waals surface area contributed by atoms with E-state index in [-0.39, 0.29) is 6.03 Å². The maximum atomic E-state index is 11.9. The number of hydrogen-bond acceptors (Lipinski definition) is 4. The van der Waals surface area contributed by atoms with E-state index in [2.05, 4.69) is 15.6 Å². The van der Waals surface area contributed by atoms with Crippen LogP contribution in [-0.2, 0) is 6.54 Å². The Morgan fingerprint density at radius 3 is 2.67 bits per heavy atom. The third kappa shape index (κ3) is 4.19. The molecule has 5 nitrogen and oxygen atoms in total. The van der Waals surface area contributed by atoms with E-state index in [0.29, 0.717) is 6.54 Å². The van der Waals surface area contributed by atoms with Gasteiger partial charge in [0.2, 0.25) is 0 Å². The van der Waals surface area contributed by atoms with E-state index in [1.165, 1.54) is 0 Å². The summed E-state index contributed by atoms with van der Waals surface area (Å²) in [5, 5.41) is 6.67. The Labute approximate surface area is 129 Å². The maximum Gasteiger partial charge on any atom is 0.319 e. The lowest BCUT2D eigenvalue weighted by molar-refractivity contribution is 0.252. The Kier molecular flexibility index (Phi) is 4.80. The normalized spacial score (nSPS) is 10.3. The van der Waals surface area contributed by atoms with E-state index >= 15 is 0 Å². The lowest BCUT2D eigenvalue weighted by atomic mass is 10.1. The molecule has 0 saturated heterocycles. The molecular weight excluding hydrogens is 284 g/mol. The smallest absolute Gasteiger partial charge is 0.319 e. The van der Waals surface area contributed by atoms with Gasteiger partial charge in [0, 0.05) is 36.5 Å². The molecule has 0 aliphatic rings. The van der Waals surface area contributed by atoms with Gasteiger partial charge in [-0.3, -0.25) is 0 Å². The van der Waals surface area contributed by atoms with Crippen LogP contribution in [0.5, 0.6) is 0 Å². The highest BCUT2D eigenvalue weighted by molar-refractivity contribution is 7.11. The molecule has 2 aromatic rings. The first-order valence-electron chi connectivity index (χ1n) is 6.70. The summed E-state index contributed by atoms with van der Waals surface area (Å²) >= 11 is 1.58. The summed E-state index contributed by atoms with van der Waals surface area (Å²) in [5.74, 6) is 0. The van der Waals surface area contributed by atoms with Gasteiger partial charge in [0.05, 0.1) is 11.6 Å². The van der Waals surface area contributed by atoms with Crippen LogP contribution in [0.1, 0.15) is 15.4 Å². The second kappa shape index (κ2) is 6.58. The second-order valence-electron chi connectivity index (χ2n) is 5.05. The van der Waals surface area contributed by atoms with Crippen LogP contribution in [-0.4, -0.2) is 25.1 Å². The summed E-state index contributed by atoms with van der Waals surface area (Å²) in [5.41, 5.74) is 3.05. The van der Waals surface area contributed by atoms with E-state index in [0.717, 1.165) is 26.8 Å². The number of aryl methyl sites for hydroxylation is 2. The molecule has 0 aliphatic heterocycles. The minimum absolute atomic E-state index is 0.210. The minimum atomic E-state index is -0.210. The Bertz CT molecular complexity index is 636. The number of carbonyl (C=O) groups excluding carboxylic acids is 1. The highest BCUT2D eigenvalue weighted by Crippen LogP contribution is 2.21. The molecule has 0 fully saturated rings. The number of carbonyl (C=O) groups is 1. The van der Waals surface area contributed by atoms with Crippen LogP contribution < -0.4 is 15.5 Å². The molecule has 0 bridgehead atoms. The molecule has 2 amide bonds. The number of hydrogen-bond donors (Lipinski definition) is 2. The highest BCUT2D eigenvalue weighted by Gasteiger charge is 2.06. The number of amides is 2. The molecule has 6 heteroatoms. The van der Waals surface area contributed by atoms with Crippen LogP contribution in [0.3, 0.4) is 0 Å². The molecule has 0 spiro atoms. The van der Waals surface area contributed by atoms with Gasteiger partial charge in [-0.25, -0.2) is 9.78 Å². The van der Waals surface area contributed by atoms with Crippen molar-refractivity contribution in [1.82, 2.24) is 10.3 Å². The van der Waals surface area contributed by atoms with E-state index in [9.17, 15) is 4.79 Å². The van der Waals surface area contributed by atoms with Crippen molar-refractivity contribution in [2.24, 2.45) is 0 Å². The number of rotatable bonds is 4. The molecule has 1 aromatic heterocycles. The number of anilines is 2. The van der Waals surface area contributed by atoms with Gasteiger partial charge in [-0.05, 0) is 37.6 Å². The molecule has 112 valence electrons. The number of benzene rings is 1. The summed E-state index contributed by atoms with van der Waals surface area (Å²) < 4.78 is 0. The summed E-state index contributed by atoms with van der Waals surface area (Å²) in [6.45, 7) is 4.47. The Morgan fingerprint density at radius 1 is 1.33 bits per heavy atom. The van der Waals surface area contributed by atoms with Crippen molar-refractivity contribution >= 4 is 28.7 Å².